The maximum atomic E-state index is 11.8. The minimum atomic E-state index is -0.105. The smallest absolute Gasteiger partial charge is 0.306 e. The van der Waals surface area contributed by atoms with Crippen LogP contribution in [0.1, 0.15) is 104 Å². The van der Waals surface area contributed by atoms with E-state index in [0.717, 1.165) is 44.9 Å². The fourth-order valence-electron chi connectivity index (χ4n) is 2.55. The quantitative estimate of drug-likeness (QED) is 0.272. The van der Waals surface area contributed by atoms with Gasteiger partial charge in [0.15, 0.2) is 0 Å². The normalized spacial score (nSPS) is 12.0. The molecule has 0 aliphatic heterocycles. The molecule has 4 heteroatoms. The summed E-state index contributed by atoms with van der Waals surface area (Å²) >= 11 is 0. The standard InChI is InChI=1S/C20H38O4/c1-4-7-9-11-15-19(21)23-17-13-14-18(6-3)24-20(22)16-12-10-8-5-2/h18H,4-17H2,1-3H3. The Kier molecular flexibility index (Phi) is 16.0. The van der Waals surface area contributed by atoms with Crippen LogP contribution in [-0.2, 0) is 19.1 Å². The van der Waals surface area contributed by atoms with Gasteiger partial charge in [-0.2, -0.15) is 0 Å². The lowest BCUT2D eigenvalue weighted by Gasteiger charge is -2.16. The maximum absolute atomic E-state index is 11.8. The first-order valence-corrected chi connectivity index (χ1v) is 9.99. The van der Waals surface area contributed by atoms with E-state index in [-0.39, 0.29) is 18.0 Å². The lowest BCUT2D eigenvalue weighted by atomic mass is 10.1. The molecule has 0 spiro atoms. The summed E-state index contributed by atoms with van der Waals surface area (Å²) in [4.78, 5) is 23.3. The molecule has 0 aliphatic carbocycles. The summed E-state index contributed by atoms with van der Waals surface area (Å²) in [5.74, 6) is -0.196. The molecule has 0 amide bonds. The van der Waals surface area contributed by atoms with E-state index in [1.165, 1.54) is 25.7 Å². The van der Waals surface area contributed by atoms with Gasteiger partial charge in [-0.25, -0.2) is 0 Å². The van der Waals surface area contributed by atoms with Crippen LogP contribution in [0.4, 0.5) is 0 Å². The van der Waals surface area contributed by atoms with Crippen molar-refractivity contribution in [1.29, 1.82) is 0 Å². The van der Waals surface area contributed by atoms with Gasteiger partial charge in [-0.05, 0) is 32.1 Å². The van der Waals surface area contributed by atoms with Gasteiger partial charge in [0.05, 0.1) is 6.61 Å². The van der Waals surface area contributed by atoms with Crippen molar-refractivity contribution in [2.24, 2.45) is 0 Å². The number of ether oxygens (including phenoxy) is 2. The van der Waals surface area contributed by atoms with Gasteiger partial charge in [0.1, 0.15) is 6.10 Å². The molecular weight excluding hydrogens is 304 g/mol. The zero-order chi connectivity index (χ0) is 18.0. The first-order chi connectivity index (χ1) is 11.6. The van der Waals surface area contributed by atoms with Crippen molar-refractivity contribution in [3.8, 4) is 0 Å². The average Bonchev–Trinajstić information content (AvgIpc) is 2.58. The van der Waals surface area contributed by atoms with Crippen LogP contribution in [0.25, 0.3) is 0 Å². The molecule has 1 atom stereocenters. The minimum absolute atomic E-state index is 0.0491. The number of hydrogen-bond acceptors (Lipinski definition) is 4. The van der Waals surface area contributed by atoms with Gasteiger partial charge in [-0.15, -0.1) is 0 Å². The Bertz CT molecular complexity index is 315. The van der Waals surface area contributed by atoms with Crippen LogP contribution >= 0.6 is 0 Å². The Labute approximate surface area is 148 Å². The molecule has 0 saturated carbocycles. The van der Waals surface area contributed by atoms with E-state index < -0.39 is 0 Å². The number of esters is 2. The van der Waals surface area contributed by atoms with Crippen LogP contribution in [0, 0.1) is 0 Å². The molecule has 0 aromatic carbocycles. The fraction of sp³-hybridized carbons (Fsp3) is 0.900. The topological polar surface area (TPSA) is 52.6 Å². The molecule has 0 aromatic heterocycles. The molecule has 0 fully saturated rings. The van der Waals surface area contributed by atoms with E-state index in [1.807, 2.05) is 6.92 Å². The van der Waals surface area contributed by atoms with Crippen LogP contribution in [0.5, 0.6) is 0 Å². The molecule has 24 heavy (non-hydrogen) atoms. The predicted octanol–water partition coefficient (Wildman–Crippen LogP) is 5.57. The number of carbonyl (C=O) groups is 2. The number of carbonyl (C=O) groups excluding carboxylic acids is 2. The summed E-state index contributed by atoms with van der Waals surface area (Å²) < 4.78 is 10.7. The average molecular weight is 343 g/mol. The maximum Gasteiger partial charge on any atom is 0.306 e. The van der Waals surface area contributed by atoms with Gasteiger partial charge in [0.2, 0.25) is 0 Å². The van der Waals surface area contributed by atoms with Gasteiger partial charge < -0.3 is 9.47 Å². The minimum Gasteiger partial charge on any atom is -0.466 e. The van der Waals surface area contributed by atoms with E-state index in [4.69, 9.17) is 9.47 Å². The summed E-state index contributed by atoms with van der Waals surface area (Å²) in [6, 6.07) is 0. The molecule has 0 aromatic rings. The van der Waals surface area contributed by atoms with Gasteiger partial charge >= 0.3 is 11.9 Å². The van der Waals surface area contributed by atoms with E-state index >= 15 is 0 Å². The predicted molar refractivity (Wildman–Crippen MR) is 97.9 cm³/mol. The fourth-order valence-corrected chi connectivity index (χ4v) is 2.55. The van der Waals surface area contributed by atoms with Crippen molar-refractivity contribution in [2.75, 3.05) is 6.61 Å². The Morgan fingerprint density at radius 1 is 0.750 bits per heavy atom. The molecule has 0 saturated heterocycles. The second kappa shape index (κ2) is 16.8. The third-order valence-corrected chi connectivity index (χ3v) is 4.16. The van der Waals surface area contributed by atoms with E-state index in [0.29, 0.717) is 19.4 Å². The van der Waals surface area contributed by atoms with Crippen LogP contribution in [0.2, 0.25) is 0 Å². The van der Waals surface area contributed by atoms with E-state index in [9.17, 15) is 9.59 Å². The Morgan fingerprint density at radius 2 is 1.33 bits per heavy atom. The Morgan fingerprint density at radius 3 is 1.88 bits per heavy atom. The van der Waals surface area contributed by atoms with Gasteiger partial charge in [0.25, 0.3) is 0 Å². The summed E-state index contributed by atoms with van der Waals surface area (Å²) in [5, 5.41) is 0. The highest BCUT2D eigenvalue weighted by atomic mass is 16.5. The van der Waals surface area contributed by atoms with Crippen molar-refractivity contribution in [3.63, 3.8) is 0 Å². The second-order valence-electron chi connectivity index (χ2n) is 6.50. The van der Waals surface area contributed by atoms with Crippen molar-refractivity contribution in [2.45, 2.75) is 110 Å². The molecule has 1 unspecified atom stereocenters. The summed E-state index contributed by atoms with van der Waals surface area (Å²) in [6.07, 6.45) is 12.0. The van der Waals surface area contributed by atoms with E-state index in [2.05, 4.69) is 13.8 Å². The molecule has 0 radical (unpaired) electrons. The molecule has 4 nitrogen and oxygen atoms in total. The second-order valence-corrected chi connectivity index (χ2v) is 6.50. The van der Waals surface area contributed by atoms with Gasteiger partial charge in [0, 0.05) is 12.8 Å². The molecule has 0 rings (SSSR count). The highest BCUT2D eigenvalue weighted by molar-refractivity contribution is 5.69. The zero-order valence-corrected chi connectivity index (χ0v) is 16.1. The van der Waals surface area contributed by atoms with Crippen LogP contribution in [0.15, 0.2) is 0 Å². The molecule has 0 N–H and O–H groups in total. The Hall–Kier alpha value is -1.06. The molecular formula is C20H38O4. The first-order valence-electron chi connectivity index (χ1n) is 9.99. The van der Waals surface area contributed by atoms with Gasteiger partial charge in [-0.1, -0.05) is 59.3 Å². The van der Waals surface area contributed by atoms with Crippen LogP contribution in [-0.4, -0.2) is 24.6 Å². The third kappa shape index (κ3) is 14.5. The van der Waals surface area contributed by atoms with Gasteiger partial charge in [-0.3, -0.25) is 9.59 Å². The lowest BCUT2D eigenvalue weighted by Crippen LogP contribution is -2.18. The van der Waals surface area contributed by atoms with Crippen LogP contribution < -0.4 is 0 Å². The highest BCUT2D eigenvalue weighted by Crippen LogP contribution is 2.11. The molecule has 142 valence electrons. The van der Waals surface area contributed by atoms with Crippen molar-refractivity contribution >= 4 is 11.9 Å². The lowest BCUT2D eigenvalue weighted by molar-refractivity contribution is -0.151. The monoisotopic (exact) mass is 342 g/mol. The summed E-state index contributed by atoms with van der Waals surface area (Å²) in [5.41, 5.74) is 0. The molecule has 0 heterocycles. The zero-order valence-electron chi connectivity index (χ0n) is 16.1. The van der Waals surface area contributed by atoms with Crippen molar-refractivity contribution < 1.29 is 19.1 Å². The Balaban J connectivity index is 3.66. The van der Waals surface area contributed by atoms with Crippen molar-refractivity contribution in [3.05, 3.63) is 0 Å². The number of unbranched alkanes of at least 4 members (excludes halogenated alkanes) is 6. The molecule has 0 bridgehead atoms. The van der Waals surface area contributed by atoms with Crippen molar-refractivity contribution in [1.82, 2.24) is 0 Å². The first kappa shape index (κ1) is 22.9. The number of rotatable bonds is 16. The summed E-state index contributed by atoms with van der Waals surface area (Å²) in [7, 11) is 0. The van der Waals surface area contributed by atoms with Crippen LogP contribution in [0.3, 0.4) is 0 Å². The highest BCUT2D eigenvalue weighted by Gasteiger charge is 2.12. The number of hydrogen-bond donors (Lipinski definition) is 0. The molecule has 0 aliphatic rings. The SMILES string of the molecule is CCCCCCC(=O)OCCCC(CC)OC(=O)CCCCCC. The van der Waals surface area contributed by atoms with E-state index in [1.54, 1.807) is 0 Å². The third-order valence-electron chi connectivity index (χ3n) is 4.16. The summed E-state index contributed by atoms with van der Waals surface area (Å²) in [6.45, 7) is 6.76. The largest absolute Gasteiger partial charge is 0.466 e.